The summed E-state index contributed by atoms with van der Waals surface area (Å²) in [6.07, 6.45) is 0. The van der Waals surface area contributed by atoms with Gasteiger partial charge in [-0.3, -0.25) is 0 Å². The highest BCUT2D eigenvalue weighted by Gasteiger charge is 2.09. The normalized spacial score (nSPS) is 10.5. The van der Waals surface area contributed by atoms with Gasteiger partial charge in [0.15, 0.2) is 6.61 Å². The van der Waals surface area contributed by atoms with Crippen LogP contribution in [0.3, 0.4) is 0 Å². The van der Waals surface area contributed by atoms with Gasteiger partial charge in [0, 0.05) is 0 Å². The van der Waals surface area contributed by atoms with E-state index in [0.717, 1.165) is 11.1 Å². The first-order chi connectivity index (χ1) is 8.06. The van der Waals surface area contributed by atoms with E-state index < -0.39 is 0 Å². The average molecular weight is 254 g/mol. The van der Waals surface area contributed by atoms with Gasteiger partial charge < -0.3 is 14.9 Å². The number of aromatic nitrogens is 2. The summed E-state index contributed by atoms with van der Waals surface area (Å²) < 4.78 is 10.5. The van der Waals surface area contributed by atoms with Crippen molar-refractivity contribution in [3.05, 3.63) is 34.2 Å². The number of halogens is 1. The third kappa shape index (κ3) is 2.68. The zero-order valence-corrected chi connectivity index (χ0v) is 10.3. The van der Waals surface area contributed by atoms with Gasteiger partial charge in [-0.2, -0.15) is 0 Å². The first kappa shape index (κ1) is 11.7. The van der Waals surface area contributed by atoms with Crippen molar-refractivity contribution >= 4 is 17.6 Å². The van der Waals surface area contributed by atoms with Gasteiger partial charge in [-0.15, -0.1) is 5.10 Å². The van der Waals surface area contributed by atoms with E-state index in [2.05, 4.69) is 10.2 Å². The fourth-order valence-electron chi connectivity index (χ4n) is 1.54. The van der Waals surface area contributed by atoms with Crippen molar-refractivity contribution in [3.8, 4) is 5.75 Å². The van der Waals surface area contributed by atoms with Gasteiger partial charge in [-0.25, -0.2) is 0 Å². The molecule has 1 aromatic heterocycles. The van der Waals surface area contributed by atoms with Crippen LogP contribution >= 0.6 is 11.6 Å². The molecule has 0 spiro atoms. The molecule has 0 aliphatic heterocycles. The number of nitrogens with zero attached hydrogens (tertiary/aromatic N) is 2. The van der Waals surface area contributed by atoms with E-state index in [1.807, 2.05) is 26.0 Å². The highest BCUT2D eigenvalue weighted by Crippen LogP contribution is 2.30. The molecule has 90 valence electrons. The second-order valence-electron chi connectivity index (χ2n) is 3.72. The van der Waals surface area contributed by atoms with Crippen LogP contribution in [0.4, 0.5) is 6.01 Å². The summed E-state index contributed by atoms with van der Waals surface area (Å²) in [4.78, 5) is 0. The zero-order chi connectivity index (χ0) is 12.4. The van der Waals surface area contributed by atoms with Gasteiger partial charge in [0.05, 0.1) is 5.02 Å². The number of aryl methyl sites for hydroxylation is 2. The Balaban J connectivity index is 2.14. The summed E-state index contributed by atoms with van der Waals surface area (Å²) >= 11 is 6.09. The van der Waals surface area contributed by atoms with Gasteiger partial charge >= 0.3 is 6.01 Å². The molecule has 5 nitrogen and oxygen atoms in total. The van der Waals surface area contributed by atoms with Crippen molar-refractivity contribution in [2.24, 2.45) is 0 Å². The smallest absolute Gasteiger partial charge is 0.312 e. The lowest BCUT2D eigenvalue weighted by Gasteiger charge is -2.10. The van der Waals surface area contributed by atoms with Gasteiger partial charge in [0.1, 0.15) is 5.75 Å². The van der Waals surface area contributed by atoms with Crippen molar-refractivity contribution in [1.29, 1.82) is 0 Å². The van der Waals surface area contributed by atoms with Crippen molar-refractivity contribution in [1.82, 2.24) is 10.2 Å². The Kier molecular flexibility index (Phi) is 3.19. The van der Waals surface area contributed by atoms with Crippen molar-refractivity contribution < 1.29 is 9.15 Å². The molecule has 0 aliphatic carbocycles. The van der Waals surface area contributed by atoms with E-state index in [9.17, 15) is 0 Å². The quantitative estimate of drug-likeness (QED) is 0.910. The molecule has 0 amide bonds. The standard InChI is InChI=1S/C11H12ClN3O2/c1-6-3-7(2)10(8(12)4-6)16-5-9-14-15-11(13)17-9/h3-4H,5H2,1-2H3,(H2,13,15). The van der Waals surface area contributed by atoms with Crippen molar-refractivity contribution in [3.63, 3.8) is 0 Å². The van der Waals surface area contributed by atoms with Crippen LogP contribution in [-0.4, -0.2) is 10.2 Å². The molecule has 0 saturated carbocycles. The maximum atomic E-state index is 6.09. The van der Waals surface area contributed by atoms with Gasteiger partial charge in [-0.1, -0.05) is 22.8 Å². The monoisotopic (exact) mass is 253 g/mol. The average Bonchev–Trinajstić information content (AvgIpc) is 2.62. The summed E-state index contributed by atoms with van der Waals surface area (Å²) in [5.74, 6) is 0.938. The van der Waals surface area contributed by atoms with Crippen molar-refractivity contribution in [2.45, 2.75) is 20.5 Å². The van der Waals surface area contributed by atoms with E-state index in [4.69, 9.17) is 26.5 Å². The van der Waals surface area contributed by atoms with E-state index in [1.165, 1.54) is 0 Å². The van der Waals surface area contributed by atoms with Crippen LogP contribution in [0.1, 0.15) is 17.0 Å². The third-order valence-electron chi connectivity index (χ3n) is 2.20. The minimum absolute atomic E-state index is 0.0234. The molecule has 6 heteroatoms. The number of anilines is 1. The van der Waals surface area contributed by atoms with E-state index >= 15 is 0 Å². The molecule has 0 aliphatic rings. The molecule has 0 bridgehead atoms. The number of nitrogens with two attached hydrogens (primary N) is 1. The Morgan fingerprint density at radius 1 is 1.35 bits per heavy atom. The second-order valence-corrected chi connectivity index (χ2v) is 4.12. The summed E-state index contributed by atoms with van der Waals surface area (Å²) in [5.41, 5.74) is 7.35. The molecule has 0 fully saturated rings. The Morgan fingerprint density at radius 3 is 2.71 bits per heavy atom. The molecule has 0 saturated heterocycles. The number of rotatable bonds is 3. The predicted molar refractivity (Wildman–Crippen MR) is 64.0 cm³/mol. The van der Waals surface area contributed by atoms with Crippen LogP contribution in [0.2, 0.25) is 5.02 Å². The SMILES string of the molecule is Cc1cc(C)c(OCc2nnc(N)o2)c(Cl)c1. The van der Waals surface area contributed by atoms with Crippen LogP contribution < -0.4 is 10.5 Å². The van der Waals surface area contributed by atoms with Crippen molar-refractivity contribution in [2.75, 3.05) is 5.73 Å². The molecule has 17 heavy (non-hydrogen) atoms. The minimum Gasteiger partial charge on any atom is -0.482 e. The molecular formula is C11H12ClN3O2. The highest BCUT2D eigenvalue weighted by atomic mass is 35.5. The Labute approximate surface area is 104 Å². The lowest BCUT2D eigenvalue weighted by Crippen LogP contribution is -1.98. The van der Waals surface area contributed by atoms with E-state index in [1.54, 1.807) is 0 Å². The molecule has 2 rings (SSSR count). The molecule has 0 atom stereocenters. The van der Waals surface area contributed by atoms with Crippen LogP contribution in [0, 0.1) is 13.8 Å². The maximum absolute atomic E-state index is 6.09. The second kappa shape index (κ2) is 4.63. The van der Waals surface area contributed by atoms with Gasteiger partial charge in [0.2, 0.25) is 0 Å². The lowest BCUT2D eigenvalue weighted by molar-refractivity contribution is 0.263. The molecule has 1 aromatic carbocycles. The highest BCUT2D eigenvalue weighted by molar-refractivity contribution is 6.32. The Bertz CT molecular complexity index is 516. The third-order valence-corrected chi connectivity index (χ3v) is 2.48. The molecule has 1 heterocycles. The largest absolute Gasteiger partial charge is 0.482 e. The number of hydrogen-bond donors (Lipinski definition) is 1. The van der Waals surface area contributed by atoms with Gasteiger partial charge in [0.25, 0.3) is 5.89 Å². The maximum Gasteiger partial charge on any atom is 0.312 e. The number of benzene rings is 1. The van der Waals surface area contributed by atoms with Crippen LogP contribution in [0.5, 0.6) is 5.75 Å². The Morgan fingerprint density at radius 2 is 2.12 bits per heavy atom. The number of ether oxygens (including phenoxy) is 1. The molecule has 0 radical (unpaired) electrons. The Hall–Kier alpha value is -1.75. The van der Waals surface area contributed by atoms with Crippen LogP contribution in [0.25, 0.3) is 0 Å². The first-order valence-corrected chi connectivity index (χ1v) is 5.41. The fraction of sp³-hybridized carbons (Fsp3) is 0.273. The first-order valence-electron chi connectivity index (χ1n) is 5.03. The summed E-state index contributed by atoms with van der Waals surface area (Å²) in [6.45, 7) is 4.05. The number of nitrogen functional groups attached to an aromatic ring is 1. The summed E-state index contributed by atoms with van der Waals surface area (Å²) in [6, 6.07) is 3.85. The minimum atomic E-state index is 0.0234. The summed E-state index contributed by atoms with van der Waals surface area (Å²) in [7, 11) is 0. The zero-order valence-electron chi connectivity index (χ0n) is 9.53. The topological polar surface area (TPSA) is 74.2 Å². The molecule has 0 unspecified atom stereocenters. The van der Waals surface area contributed by atoms with Gasteiger partial charge in [-0.05, 0) is 31.0 Å². The summed E-state index contributed by atoms with van der Waals surface area (Å²) in [5, 5.41) is 7.80. The van der Waals surface area contributed by atoms with E-state index in [-0.39, 0.29) is 12.6 Å². The molecular weight excluding hydrogens is 242 g/mol. The predicted octanol–water partition coefficient (Wildman–Crippen LogP) is 2.50. The lowest BCUT2D eigenvalue weighted by atomic mass is 10.1. The molecule has 2 aromatic rings. The van der Waals surface area contributed by atoms with Crippen LogP contribution in [-0.2, 0) is 6.61 Å². The van der Waals surface area contributed by atoms with Crippen LogP contribution in [0.15, 0.2) is 16.5 Å². The molecule has 2 N–H and O–H groups in total. The number of hydrogen-bond acceptors (Lipinski definition) is 5. The fourth-order valence-corrected chi connectivity index (χ4v) is 1.92. The van der Waals surface area contributed by atoms with E-state index in [0.29, 0.717) is 16.7 Å².